The van der Waals surface area contributed by atoms with Crippen molar-refractivity contribution < 1.29 is 4.79 Å². The van der Waals surface area contributed by atoms with Gasteiger partial charge in [0.05, 0.1) is 6.21 Å². The molecule has 0 saturated heterocycles. The molecule has 0 saturated carbocycles. The smallest absolute Gasteiger partial charge is 0.267 e. The van der Waals surface area contributed by atoms with Gasteiger partial charge in [-0.3, -0.25) is 15.2 Å². The molecule has 0 fully saturated rings. The molecule has 0 aliphatic carbocycles. The van der Waals surface area contributed by atoms with E-state index in [0.29, 0.717) is 5.84 Å². The minimum Gasteiger partial charge on any atom is -0.307 e. The predicted molar refractivity (Wildman–Crippen MR) is 44.1 cm³/mol. The van der Waals surface area contributed by atoms with E-state index in [-0.39, 0.29) is 11.7 Å². The van der Waals surface area contributed by atoms with Gasteiger partial charge in [0, 0.05) is 0 Å². The van der Waals surface area contributed by atoms with E-state index in [1.807, 2.05) is 0 Å². The maximum Gasteiger partial charge on any atom is 0.267 e. The van der Waals surface area contributed by atoms with Crippen molar-refractivity contribution in [2.45, 2.75) is 6.04 Å². The third kappa shape index (κ3) is 0.931. The van der Waals surface area contributed by atoms with Gasteiger partial charge >= 0.3 is 0 Å². The molecule has 2 N–H and O–H groups in total. The first kappa shape index (κ1) is 6.84. The van der Waals surface area contributed by atoms with E-state index >= 15 is 0 Å². The highest BCUT2D eigenvalue weighted by Gasteiger charge is 2.26. The third-order valence-corrected chi connectivity index (χ3v) is 1.50. The van der Waals surface area contributed by atoms with Crippen LogP contribution in [0.15, 0.2) is 15.0 Å². The number of fused-ring (bicyclic) bond motifs is 1. The normalized spacial score (nSPS) is 26.3. The maximum atomic E-state index is 10.8. The summed E-state index contributed by atoms with van der Waals surface area (Å²) in [5, 5.41) is 9.81. The number of amides is 1. The Morgan fingerprint density at radius 3 is 3.25 bits per heavy atom. The molecule has 2 aliphatic heterocycles. The van der Waals surface area contributed by atoms with E-state index in [4.69, 9.17) is 5.41 Å². The van der Waals surface area contributed by atoms with Crippen LogP contribution in [0.4, 0.5) is 0 Å². The number of hydrogen-bond acceptors (Lipinski definition) is 4. The number of aliphatic imine (C=N–C) groups is 3. The van der Waals surface area contributed by atoms with Crippen LogP contribution in [-0.2, 0) is 4.79 Å². The lowest BCUT2D eigenvalue weighted by atomic mass is 10.2. The largest absolute Gasteiger partial charge is 0.307 e. The summed E-state index contributed by atoms with van der Waals surface area (Å²) in [6.07, 6.45) is 2.37. The summed E-state index contributed by atoms with van der Waals surface area (Å²) >= 11 is 0. The lowest BCUT2D eigenvalue weighted by Crippen LogP contribution is -2.47. The fourth-order valence-corrected chi connectivity index (χ4v) is 0.967. The average Bonchev–Trinajstić information content (AvgIpc) is 2.04. The van der Waals surface area contributed by atoms with E-state index in [2.05, 4.69) is 20.3 Å². The predicted octanol–water partition coefficient (Wildman–Crippen LogP) is -1.03. The highest BCUT2D eigenvalue weighted by atomic mass is 16.1. The number of carbonyl (C=O) groups excluding carboxylic acids is 1. The van der Waals surface area contributed by atoms with E-state index in [1.54, 1.807) is 0 Å². The topological polar surface area (TPSA) is 90.0 Å². The van der Waals surface area contributed by atoms with Crippen LogP contribution in [0.3, 0.4) is 0 Å². The first-order valence-electron chi connectivity index (χ1n) is 3.30. The molecule has 0 aromatic heterocycles. The van der Waals surface area contributed by atoms with Crippen LogP contribution in [0, 0.1) is 5.41 Å². The standard InChI is InChI=1S/C6H5N5O/c7-5-4-6(10-2-9-5)11-3(12)1-8-4/h1-2,4H,(H2,7,9,10,11,12). The molecule has 0 aromatic rings. The van der Waals surface area contributed by atoms with Crippen LogP contribution in [0.25, 0.3) is 0 Å². The Morgan fingerprint density at radius 1 is 1.58 bits per heavy atom. The van der Waals surface area contributed by atoms with Gasteiger partial charge in [-0.1, -0.05) is 0 Å². The molecule has 0 aromatic carbocycles. The van der Waals surface area contributed by atoms with Crippen LogP contribution >= 0.6 is 0 Å². The highest BCUT2D eigenvalue weighted by Crippen LogP contribution is 2.03. The van der Waals surface area contributed by atoms with Gasteiger partial charge in [0.2, 0.25) is 0 Å². The number of carbonyl (C=O) groups is 1. The lowest BCUT2D eigenvalue weighted by molar-refractivity contribution is -0.113. The van der Waals surface area contributed by atoms with Gasteiger partial charge in [-0.2, -0.15) is 0 Å². The quantitative estimate of drug-likeness (QED) is 0.470. The van der Waals surface area contributed by atoms with Crippen molar-refractivity contribution in [3.05, 3.63) is 0 Å². The van der Waals surface area contributed by atoms with E-state index in [1.165, 1.54) is 6.34 Å². The lowest BCUT2D eigenvalue weighted by Gasteiger charge is -2.19. The van der Waals surface area contributed by atoms with E-state index in [0.717, 1.165) is 6.21 Å². The van der Waals surface area contributed by atoms with E-state index in [9.17, 15) is 4.79 Å². The molecular weight excluding hydrogens is 158 g/mol. The molecule has 1 atom stereocenters. The van der Waals surface area contributed by atoms with Crippen LogP contribution < -0.4 is 5.32 Å². The van der Waals surface area contributed by atoms with Crippen molar-refractivity contribution in [2.24, 2.45) is 15.0 Å². The molecule has 6 heteroatoms. The SMILES string of the molecule is N=C1N=CN=C2NC(=O)C=NC12. The molecule has 2 rings (SSSR count). The maximum absolute atomic E-state index is 10.8. The van der Waals surface area contributed by atoms with Gasteiger partial charge in [-0.25, -0.2) is 9.98 Å². The molecule has 0 radical (unpaired) electrons. The molecule has 0 spiro atoms. The monoisotopic (exact) mass is 163 g/mol. The van der Waals surface area contributed by atoms with Crippen molar-refractivity contribution in [3.8, 4) is 0 Å². The zero-order valence-electron chi connectivity index (χ0n) is 5.98. The highest BCUT2D eigenvalue weighted by molar-refractivity contribution is 6.36. The van der Waals surface area contributed by atoms with Crippen LogP contribution in [0.1, 0.15) is 0 Å². The summed E-state index contributed by atoms with van der Waals surface area (Å²) in [7, 11) is 0. The summed E-state index contributed by atoms with van der Waals surface area (Å²) in [6.45, 7) is 0. The summed E-state index contributed by atoms with van der Waals surface area (Å²) in [4.78, 5) is 22.0. The van der Waals surface area contributed by atoms with Crippen LogP contribution in [0.2, 0.25) is 0 Å². The second-order valence-electron chi connectivity index (χ2n) is 2.31. The Bertz CT molecular complexity index is 340. The molecule has 1 amide bonds. The molecule has 1 unspecified atom stereocenters. The summed E-state index contributed by atoms with van der Waals surface area (Å²) in [6, 6.07) is -0.521. The molecule has 6 nitrogen and oxygen atoms in total. The van der Waals surface area contributed by atoms with Crippen molar-refractivity contribution in [1.29, 1.82) is 5.41 Å². The molecular formula is C6H5N5O. The van der Waals surface area contributed by atoms with Crippen molar-refractivity contribution >= 4 is 30.1 Å². The minimum absolute atomic E-state index is 0.0938. The van der Waals surface area contributed by atoms with Gasteiger partial charge in [0.25, 0.3) is 5.91 Å². The Balaban J connectivity index is 2.40. The number of amidine groups is 2. The first-order valence-corrected chi connectivity index (χ1v) is 3.30. The number of rotatable bonds is 0. The molecule has 60 valence electrons. The van der Waals surface area contributed by atoms with Crippen molar-refractivity contribution in [3.63, 3.8) is 0 Å². The fourth-order valence-electron chi connectivity index (χ4n) is 0.967. The Morgan fingerprint density at radius 2 is 2.42 bits per heavy atom. The summed E-state index contributed by atoms with van der Waals surface area (Å²) < 4.78 is 0. The number of hydrogen-bond donors (Lipinski definition) is 2. The second kappa shape index (κ2) is 2.33. The number of nitrogens with one attached hydrogen (secondary N) is 2. The zero-order chi connectivity index (χ0) is 8.55. The Hall–Kier alpha value is -1.85. The Labute approximate surface area is 67.6 Å². The molecule has 2 heterocycles. The van der Waals surface area contributed by atoms with Gasteiger partial charge in [-0.05, 0) is 0 Å². The summed E-state index contributed by atoms with van der Waals surface area (Å²) in [5.74, 6) is 0.159. The minimum atomic E-state index is -0.521. The van der Waals surface area contributed by atoms with Crippen molar-refractivity contribution in [2.75, 3.05) is 0 Å². The van der Waals surface area contributed by atoms with Crippen LogP contribution in [0.5, 0.6) is 0 Å². The molecule has 0 bridgehead atoms. The van der Waals surface area contributed by atoms with Gasteiger partial charge in [0.1, 0.15) is 12.2 Å². The van der Waals surface area contributed by atoms with Crippen LogP contribution in [-0.4, -0.2) is 36.2 Å². The fraction of sp³-hybridized carbons (Fsp3) is 0.167. The second-order valence-corrected chi connectivity index (χ2v) is 2.31. The van der Waals surface area contributed by atoms with E-state index < -0.39 is 6.04 Å². The van der Waals surface area contributed by atoms with Gasteiger partial charge in [-0.15, -0.1) is 0 Å². The van der Waals surface area contributed by atoms with Crippen molar-refractivity contribution in [1.82, 2.24) is 5.32 Å². The molecule has 2 aliphatic rings. The Kier molecular flexibility index (Phi) is 1.33. The first-order chi connectivity index (χ1) is 5.77. The summed E-state index contributed by atoms with van der Waals surface area (Å²) in [5.41, 5.74) is 0. The number of nitrogens with zero attached hydrogens (tertiary/aromatic N) is 3. The zero-order valence-corrected chi connectivity index (χ0v) is 5.98. The molecule has 12 heavy (non-hydrogen) atoms. The van der Waals surface area contributed by atoms with Gasteiger partial charge in [0.15, 0.2) is 11.9 Å². The van der Waals surface area contributed by atoms with Gasteiger partial charge < -0.3 is 5.32 Å². The third-order valence-electron chi connectivity index (χ3n) is 1.50. The average molecular weight is 163 g/mol.